The lowest BCUT2D eigenvalue weighted by molar-refractivity contribution is -0.122. The first-order chi connectivity index (χ1) is 14.5. The number of nitrogens with one attached hydrogen (secondary N) is 4. The maximum atomic E-state index is 12.2. The van der Waals surface area contributed by atoms with Crippen LogP contribution in [0.2, 0.25) is 5.02 Å². The summed E-state index contributed by atoms with van der Waals surface area (Å²) in [4.78, 5) is 35.9. The van der Waals surface area contributed by atoms with Crippen molar-refractivity contribution in [3.8, 4) is 5.75 Å². The number of methoxy groups -OCH3 is 1. The topological polar surface area (TPSA) is 109 Å². The molecule has 0 unspecified atom stereocenters. The highest BCUT2D eigenvalue weighted by atomic mass is 35.5. The molecule has 1 fully saturated rings. The van der Waals surface area contributed by atoms with Crippen LogP contribution in [-0.4, -0.2) is 38.0 Å². The third kappa shape index (κ3) is 6.12. The molecule has 1 saturated carbocycles. The summed E-state index contributed by atoms with van der Waals surface area (Å²) in [6.45, 7) is 0.745. The number of urea groups is 1. The van der Waals surface area contributed by atoms with E-state index in [1.54, 1.807) is 42.5 Å². The van der Waals surface area contributed by atoms with Gasteiger partial charge in [0.2, 0.25) is 5.91 Å². The van der Waals surface area contributed by atoms with Crippen LogP contribution in [0.4, 0.5) is 16.2 Å². The van der Waals surface area contributed by atoms with E-state index < -0.39 is 6.03 Å². The first-order valence-corrected chi connectivity index (χ1v) is 9.91. The molecule has 4 amide bonds. The average Bonchev–Trinajstić information content (AvgIpc) is 3.57. The molecular weight excluding hydrogens is 408 g/mol. The molecule has 4 N–H and O–H groups in total. The standard InChI is InChI=1S/C21H23ClN4O4/c1-30-18-9-6-15(22)12-17(18)26-21(29)25-16-7-4-14(5-8-16)20(28)24-11-10-23-19(27)13-2-3-13/h4-9,12-13H,2-3,10-11H2,1H3,(H,23,27)(H,24,28)(H2,25,26,29). The molecule has 0 bridgehead atoms. The van der Waals surface area contributed by atoms with E-state index >= 15 is 0 Å². The highest BCUT2D eigenvalue weighted by Crippen LogP contribution is 2.29. The van der Waals surface area contributed by atoms with Gasteiger partial charge in [-0.3, -0.25) is 9.59 Å². The van der Waals surface area contributed by atoms with Crippen molar-refractivity contribution in [1.29, 1.82) is 0 Å². The lowest BCUT2D eigenvalue weighted by Gasteiger charge is -2.12. The molecule has 0 aromatic heterocycles. The number of ether oxygens (including phenoxy) is 1. The number of amides is 4. The Morgan fingerprint density at radius 2 is 1.70 bits per heavy atom. The minimum absolute atomic E-state index is 0.0494. The Balaban J connectivity index is 1.46. The highest BCUT2D eigenvalue weighted by Gasteiger charge is 2.29. The van der Waals surface area contributed by atoms with Gasteiger partial charge in [-0.05, 0) is 55.3 Å². The first kappa shape index (κ1) is 21.4. The smallest absolute Gasteiger partial charge is 0.323 e. The Kier molecular flexibility index (Phi) is 7.13. The fourth-order valence-corrected chi connectivity index (χ4v) is 2.89. The van der Waals surface area contributed by atoms with Gasteiger partial charge in [-0.15, -0.1) is 0 Å². The van der Waals surface area contributed by atoms with E-state index in [0.717, 1.165) is 12.8 Å². The molecule has 3 rings (SSSR count). The Morgan fingerprint density at radius 3 is 2.37 bits per heavy atom. The van der Waals surface area contributed by atoms with Crippen LogP contribution in [0.15, 0.2) is 42.5 Å². The van der Waals surface area contributed by atoms with Crippen LogP contribution >= 0.6 is 11.6 Å². The van der Waals surface area contributed by atoms with Gasteiger partial charge in [-0.2, -0.15) is 0 Å². The van der Waals surface area contributed by atoms with Gasteiger partial charge in [0.15, 0.2) is 0 Å². The van der Waals surface area contributed by atoms with Crippen molar-refractivity contribution in [2.45, 2.75) is 12.8 Å². The van der Waals surface area contributed by atoms with E-state index in [-0.39, 0.29) is 17.7 Å². The maximum absolute atomic E-state index is 12.2. The summed E-state index contributed by atoms with van der Waals surface area (Å²) in [7, 11) is 1.50. The average molecular weight is 431 g/mol. The predicted octanol–water partition coefficient (Wildman–Crippen LogP) is 3.25. The molecule has 0 spiro atoms. The van der Waals surface area contributed by atoms with Crippen molar-refractivity contribution in [2.24, 2.45) is 5.92 Å². The van der Waals surface area contributed by atoms with Crippen LogP contribution in [0.25, 0.3) is 0 Å². The first-order valence-electron chi connectivity index (χ1n) is 9.54. The Hall–Kier alpha value is -3.26. The van der Waals surface area contributed by atoms with E-state index in [2.05, 4.69) is 21.3 Å². The lowest BCUT2D eigenvalue weighted by atomic mass is 10.2. The molecule has 0 atom stereocenters. The largest absolute Gasteiger partial charge is 0.495 e. The van der Waals surface area contributed by atoms with Crippen LogP contribution in [-0.2, 0) is 4.79 Å². The minimum Gasteiger partial charge on any atom is -0.495 e. The van der Waals surface area contributed by atoms with E-state index in [9.17, 15) is 14.4 Å². The third-order valence-electron chi connectivity index (χ3n) is 4.47. The van der Waals surface area contributed by atoms with Crippen molar-refractivity contribution >= 4 is 40.8 Å². The quantitative estimate of drug-likeness (QED) is 0.482. The van der Waals surface area contributed by atoms with Gasteiger partial charge in [0, 0.05) is 35.3 Å². The molecular formula is C21H23ClN4O4. The molecule has 158 valence electrons. The molecule has 0 heterocycles. The molecule has 2 aromatic carbocycles. The van der Waals surface area contributed by atoms with Gasteiger partial charge in [0.05, 0.1) is 12.8 Å². The zero-order valence-electron chi connectivity index (χ0n) is 16.5. The SMILES string of the molecule is COc1ccc(Cl)cc1NC(=O)Nc1ccc(C(=O)NCCNC(=O)C2CC2)cc1. The molecule has 8 nitrogen and oxygen atoms in total. The van der Waals surface area contributed by atoms with Crippen LogP contribution in [0, 0.1) is 5.92 Å². The second-order valence-electron chi connectivity index (χ2n) is 6.82. The fourth-order valence-electron chi connectivity index (χ4n) is 2.72. The van der Waals surface area contributed by atoms with Crippen molar-refractivity contribution in [1.82, 2.24) is 10.6 Å². The Morgan fingerprint density at radius 1 is 1.00 bits per heavy atom. The van der Waals surface area contributed by atoms with Gasteiger partial charge < -0.3 is 26.0 Å². The zero-order valence-corrected chi connectivity index (χ0v) is 17.2. The number of anilines is 2. The van der Waals surface area contributed by atoms with Crippen molar-refractivity contribution in [3.63, 3.8) is 0 Å². The summed E-state index contributed by atoms with van der Waals surface area (Å²) in [5, 5.41) is 11.4. The predicted molar refractivity (Wildman–Crippen MR) is 115 cm³/mol. The fraction of sp³-hybridized carbons (Fsp3) is 0.286. The summed E-state index contributed by atoms with van der Waals surface area (Å²) in [6.07, 6.45) is 1.90. The molecule has 0 saturated heterocycles. The van der Waals surface area contributed by atoms with Gasteiger partial charge in [-0.1, -0.05) is 11.6 Å². The van der Waals surface area contributed by atoms with Gasteiger partial charge >= 0.3 is 6.03 Å². The van der Waals surface area contributed by atoms with Crippen molar-refractivity contribution in [3.05, 3.63) is 53.1 Å². The lowest BCUT2D eigenvalue weighted by Crippen LogP contribution is -2.35. The van der Waals surface area contributed by atoms with E-state index in [4.69, 9.17) is 16.3 Å². The van der Waals surface area contributed by atoms with E-state index in [1.165, 1.54) is 7.11 Å². The van der Waals surface area contributed by atoms with Crippen LogP contribution < -0.4 is 26.0 Å². The van der Waals surface area contributed by atoms with Crippen molar-refractivity contribution in [2.75, 3.05) is 30.8 Å². The van der Waals surface area contributed by atoms with Crippen molar-refractivity contribution < 1.29 is 19.1 Å². The summed E-state index contributed by atoms with van der Waals surface area (Å²) in [5.41, 5.74) is 1.40. The van der Waals surface area contributed by atoms with Gasteiger partial charge in [0.1, 0.15) is 5.75 Å². The van der Waals surface area contributed by atoms with E-state index in [1.807, 2.05) is 0 Å². The number of hydrogen-bond donors (Lipinski definition) is 4. The molecule has 1 aliphatic carbocycles. The minimum atomic E-state index is -0.473. The molecule has 0 aliphatic heterocycles. The molecule has 0 radical (unpaired) electrons. The number of hydrogen-bond acceptors (Lipinski definition) is 4. The monoisotopic (exact) mass is 430 g/mol. The highest BCUT2D eigenvalue weighted by molar-refractivity contribution is 6.31. The second-order valence-corrected chi connectivity index (χ2v) is 7.26. The molecule has 30 heavy (non-hydrogen) atoms. The number of rotatable bonds is 8. The summed E-state index contributed by atoms with van der Waals surface area (Å²) in [5.74, 6) is 0.427. The summed E-state index contributed by atoms with van der Waals surface area (Å²) >= 11 is 5.96. The van der Waals surface area contributed by atoms with E-state index in [0.29, 0.717) is 40.8 Å². The Labute approximate surface area is 179 Å². The molecule has 9 heteroatoms. The number of benzene rings is 2. The van der Waals surface area contributed by atoms with Gasteiger partial charge in [0.25, 0.3) is 5.91 Å². The van der Waals surface area contributed by atoms with Gasteiger partial charge in [-0.25, -0.2) is 4.79 Å². The van der Waals surface area contributed by atoms with Crippen LogP contribution in [0.5, 0.6) is 5.75 Å². The number of carbonyl (C=O) groups excluding carboxylic acids is 3. The molecule has 1 aliphatic rings. The maximum Gasteiger partial charge on any atom is 0.323 e. The summed E-state index contributed by atoms with van der Waals surface area (Å²) < 4.78 is 5.19. The number of halogens is 1. The normalized spacial score (nSPS) is 12.6. The second kappa shape index (κ2) is 9.98. The Bertz CT molecular complexity index is 929. The summed E-state index contributed by atoms with van der Waals surface area (Å²) in [6, 6.07) is 10.9. The molecule has 2 aromatic rings. The number of carbonyl (C=O) groups is 3. The van der Waals surface area contributed by atoms with Crippen LogP contribution in [0.1, 0.15) is 23.2 Å². The van der Waals surface area contributed by atoms with Crippen LogP contribution in [0.3, 0.4) is 0 Å². The zero-order chi connectivity index (χ0) is 21.5. The third-order valence-corrected chi connectivity index (χ3v) is 4.71.